The first-order valence-corrected chi connectivity index (χ1v) is 17.0. The van der Waals surface area contributed by atoms with Crippen LogP contribution in [0.25, 0.3) is 0 Å². The van der Waals surface area contributed by atoms with E-state index in [1.54, 1.807) is 21.2 Å². The van der Waals surface area contributed by atoms with Gasteiger partial charge in [-0.1, -0.05) is 0 Å². The summed E-state index contributed by atoms with van der Waals surface area (Å²) in [5, 5.41) is 6.28. The molecule has 0 atom stereocenters. The Morgan fingerprint density at radius 1 is 0.556 bits per heavy atom. The zero-order chi connectivity index (χ0) is 18.9. The van der Waals surface area contributed by atoms with E-state index in [9.17, 15) is 0 Å². The second-order valence-corrected chi connectivity index (χ2v) is 17.4. The molecule has 0 heterocycles. The second-order valence-electron chi connectivity index (χ2n) is 8.34. The van der Waals surface area contributed by atoms with Crippen LogP contribution in [0.15, 0.2) is 30.3 Å². The van der Waals surface area contributed by atoms with Crippen molar-refractivity contribution in [2.45, 2.75) is 119 Å². The van der Waals surface area contributed by atoms with Crippen LogP contribution in [0.2, 0.25) is 15.6 Å². The van der Waals surface area contributed by atoms with Crippen LogP contribution in [-0.4, -0.2) is 19.0 Å². The number of rotatable bonds is 17. The van der Waals surface area contributed by atoms with Crippen LogP contribution in [0.5, 0.6) is 0 Å². The van der Waals surface area contributed by atoms with E-state index in [-0.39, 0.29) is 5.48 Å². The van der Waals surface area contributed by atoms with E-state index in [1.807, 2.05) is 0 Å². The Balaban J connectivity index is 0.00000676. The Morgan fingerprint density at radius 3 is 1.52 bits per heavy atom. The molecule has 0 aliphatic heterocycles. The van der Waals surface area contributed by atoms with Crippen molar-refractivity contribution < 1.29 is 5.48 Å². The molecule has 2 heteroatoms. The van der Waals surface area contributed by atoms with Gasteiger partial charge in [-0.3, -0.25) is 0 Å². The van der Waals surface area contributed by atoms with Crippen LogP contribution in [0, 0.1) is 0 Å². The van der Waals surface area contributed by atoms with E-state index in [2.05, 4.69) is 51.1 Å². The molecule has 1 aromatic rings. The molecule has 0 saturated heterocycles. The topological polar surface area (TPSA) is 30.0 Å². The third-order valence-electron chi connectivity index (χ3n) is 5.82. The summed E-state index contributed by atoms with van der Waals surface area (Å²) < 4.78 is 0. The van der Waals surface area contributed by atoms with Gasteiger partial charge in [-0.2, -0.15) is 0 Å². The summed E-state index contributed by atoms with van der Waals surface area (Å²) in [6.45, 7) is 7.07. The van der Waals surface area contributed by atoms with E-state index < -0.39 is 13.6 Å². The number of unbranched alkanes of at least 4 members (excludes halogenated alkanes) is 9. The molecule has 1 aromatic carbocycles. The Bertz CT molecular complexity index is 410. The van der Waals surface area contributed by atoms with Gasteiger partial charge in [0.1, 0.15) is 0 Å². The summed E-state index contributed by atoms with van der Waals surface area (Å²) in [4.78, 5) is 0. The summed E-state index contributed by atoms with van der Waals surface area (Å²) in [5.41, 5.74) is 1.63. The first-order chi connectivity index (χ1) is 12.8. The fraction of sp³-hybridized carbons (Fsp3) is 0.760. The first-order valence-electron chi connectivity index (χ1n) is 11.7. The molecule has 1 nitrogen and oxygen atoms in total. The van der Waals surface area contributed by atoms with Crippen molar-refractivity contribution in [3.05, 3.63) is 35.9 Å². The molecule has 0 aromatic heterocycles. The molecule has 0 aliphatic rings. The Morgan fingerprint density at radius 2 is 1.00 bits per heavy atom. The smallest absolute Gasteiger partial charge is 0.870 e. The van der Waals surface area contributed by atoms with E-state index in [0.29, 0.717) is 0 Å². The maximum atomic E-state index is 2.39. The van der Waals surface area contributed by atoms with E-state index in [0.717, 1.165) is 0 Å². The van der Waals surface area contributed by atoms with Gasteiger partial charge in [-0.05, 0) is 0 Å². The summed E-state index contributed by atoms with van der Waals surface area (Å²) >= 11 is -1.57. The third-order valence-corrected chi connectivity index (χ3v) is 16.0. The molecule has 0 saturated carbocycles. The number of hydrogen-bond donors (Lipinski definition) is 0. The average molecular weight is 439 g/mol. The predicted octanol–water partition coefficient (Wildman–Crippen LogP) is 8.78. The molecule has 158 valence electrons. The maximum Gasteiger partial charge on any atom is -0.870 e. The van der Waals surface area contributed by atoms with Gasteiger partial charge < -0.3 is 5.48 Å². The molecule has 0 radical (unpaired) electrons. The fourth-order valence-corrected chi connectivity index (χ4v) is 14.6. The van der Waals surface area contributed by atoms with Gasteiger partial charge in [-0.15, -0.1) is 0 Å². The quantitative estimate of drug-likeness (QED) is 0.176. The van der Waals surface area contributed by atoms with Gasteiger partial charge >= 0.3 is 168 Å². The molecular formula is C25H47AsO. The molecule has 1 N–H and O–H groups in total. The van der Waals surface area contributed by atoms with Gasteiger partial charge in [0.2, 0.25) is 0 Å². The van der Waals surface area contributed by atoms with Gasteiger partial charge in [0.05, 0.1) is 0 Å². The zero-order valence-electron chi connectivity index (χ0n) is 18.6. The Hall–Kier alpha value is -0.262. The minimum absolute atomic E-state index is 0. The van der Waals surface area contributed by atoms with Crippen LogP contribution >= 0.6 is 0 Å². The fourth-order valence-electron chi connectivity index (χ4n) is 4.11. The van der Waals surface area contributed by atoms with Crippen LogP contribution in [0.4, 0.5) is 0 Å². The van der Waals surface area contributed by atoms with Gasteiger partial charge in [0, 0.05) is 0 Å². The minimum atomic E-state index is -1.57. The van der Waals surface area contributed by atoms with Crippen LogP contribution in [0.1, 0.15) is 103 Å². The summed E-state index contributed by atoms with van der Waals surface area (Å²) in [6.07, 6.45) is 17.4. The summed E-state index contributed by atoms with van der Waals surface area (Å²) in [5.74, 6) is 0. The molecule has 1 rings (SSSR count). The largest absolute Gasteiger partial charge is 0.870 e. The van der Waals surface area contributed by atoms with E-state index in [1.165, 1.54) is 82.3 Å². The van der Waals surface area contributed by atoms with Crippen LogP contribution < -0.4 is 0 Å². The van der Waals surface area contributed by atoms with Crippen molar-refractivity contribution in [3.8, 4) is 0 Å². The summed E-state index contributed by atoms with van der Waals surface area (Å²) in [7, 11) is 0. The van der Waals surface area contributed by atoms with Crippen molar-refractivity contribution >= 4 is 13.6 Å². The van der Waals surface area contributed by atoms with Crippen molar-refractivity contribution in [1.82, 2.24) is 0 Å². The molecule has 0 spiro atoms. The average Bonchev–Trinajstić information content (AvgIpc) is 2.67. The molecule has 27 heavy (non-hydrogen) atoms. The third kappa shape index (κ3) is 12.7. The normalized spacial score (nSPS) is 11.4. The molecule has 0 aliphatic carbocycles. The van der Waals surface area contributed by atoms with Gasteiger partial charge in [0.25, 0.3) is 0 Å². The van der Waals surface area contributed by atoms with Crippen molar-refractivity contribution in [2.75, 3.05) is 0 Å². The monoisotopic (exact) mass is 438 g/mol. The second kappa shape index (κ2) is 17.8. The number of hydrogen-bond acceptors (Lipinski definition) is 1. The van der Waals surface area contributed by atoms with Crippen molar-refractivity contribution in [1.29, 1.82) is 0 Å². The molecule has 0 amide bonds. The molecule has 0 bridgehead atoms. The van der Waals surface area contributed by atoms with Crippen LogP contribution in [-0.2, 0) is 5.21 Å². The molecular weight excluding hydrogens is 391 g/mol. The van der Waals surface area contributed by atoms with Gasteiger partial charge in [0.15, 0.2) is 0 Å². The van der Waals surface area contributed by atoms with Gasteiger partial charge in [-0.25, -0.2) is 0 Å². The molecule has 0 fully saturated rings. The zero-order valence-corrected chi connectivity index (χ0v) is 20.5. The Kier molecular flexibility index (Phi) is 17.6. The summed E-state index contributed by atoms with van der Waals surface area (Å²) in [6, 6.07) is 11.4. The van der Waals surface area contributed by atoms with E-state index in [4.69, 9.17) is 0 Å². The predicted molar refractivity (Wildman–Crippen MR) is 125 cm³/mol. The van der Waals surface area contributed by atoms with Crippen LogP contribution in [0.3, 0.4) is 0 Å². The maximum absolute atomic E-state index is 2.39. The Labute approximate surface area is 173 Å². The minimum Gasteiger partial charge on any atom is -0.870 e. The standard InChI is InChI=1S/C25H46As.H2O/c1-4-7-10-11-12-13-14-18-23-26(21-8-5-2,22-9-6-3)24-25-19-16-15-17-20-25;/h15-17,19-20H,4-14,18,21-24H2,1-3H3;1H2/q+1;/p-1. The van der Waals surface area contributed by atoms with E-state index >= 15 is 0 Å². The van der Waals surface area contributed by atoms with Crippen molar-refractivity contribution in [2.24, 2.45) is 0 Å². The number of benzene rings is 1. The molecule has 0 unspecified atom stereocenters. The van der Waals surface area contributed by atoms with Crippen molar-refractivity contribution in [3.63, 3.8) is 0 Å². The SMILES string of the molecule is CCCCCCCCCC[As+](CCCC)(CCCC)Cc1ccccc1.[OH-]. The first kappa shape index (κ1) is 26.7.